The van der Waals surface area contributed by atoms with Gasteiger partial charge in [-0.05, 0) is 58.0 Å². The number of hydrogen-bond acceptors (Lipinski definition) is 0. The first-order valence-corrected chi connectivity index (χ1v) is 7.52. The van der Waals surface area contributed by atoms with Gasteiger partial charge in [0.1, 0.15) is 5.82 Å². The molecule has 0 aromatic heterocycles. The van der Waals surface area contributed by atoms with Gasteiger partial charge in [0, 0.05) is 0 Å². The van der Waals surface area contributed by atoms with Crippen molar-refractivity contribution in [1.29, 1.82) is 0 Å². The van der Waals surface area contributed by atoms with Crippen molar-refractivity contribution < 1.29 is 17.6 Å². The van der Waals surface area contributed by atoms with Crippen LogP contribution in [0, 0.1) is 5.82 Å². The maximum absolute atomic E-state index is 13.8. The summed E-state index contributed by atoms with van der Waals surface area (Å²) in [4.78, 5) is 0. The van der Waals surface area contributed by atoms with Crippen molar-refractivity contribution in [3.8, 4) is 22.3 Å². The van der Waals surface area contributed by atoms with Gasteiger partial charge in [-0.1, -0.05) is 42.5 Å². The van der Waals surface area contributed by atoms with Gasteiger partial charge in [0.25, 0.3) is 0 Å². The van der Waals surface area contributed by atoms with E-state index in [1.165, 1.54) is 0 Å². The van der Waals surface area contributed by atoms with Crippen LogP contribution in [0.5, 0.6) is 0 Å². The highest BCUT2D eigenvalue weighted by Crippen LogP contribution is 2.42. The van der Waals surface area contributed by atoms with Crippen LogP contribution in [-0.2, 0) is 12.6 Å². The van der Waals surface area contributed by atoms with Gasteiger partial charge >= 0.3 is 6.18 Å². The quantitative estimate of drug-likeness (QED) is 0.371. The molecule has 24 heavy (non-hydrogen) atoms. The normalized spacial score (nSPS) is 12.8. The Kier molecular flexibility index (Phi) is 3.23. The standard InChI is InChI=1S/C20H12F4/c21-15-9-13(8-14(11-15)20(22,23)24)17-6-3-7-18-16-5-2-1-4-12(16)10-19(17)18/h1-9,11H,10H2. The number of benzene rings is 3. The number of fused-ring (bicyclic) bond motifs is 3. The molecule has 0 atom stereocenters. The van der Waals surface area contributed by atoms with Crippen LogP contribution in [0.25, 0.3) is 22.3 Å². The third kappa shape index (κ3) is 2.39. The zero-order valence-corrected chi connectivity index (χ0v) is 12.5. The van der Waals surface area contributed by atoms with Gasteiger partial charge in [-0.3, -0.25) is 0 Å². The summed E-state index contributed by atoms with van der Waals surface area (Å²) < 4.78 is 52.7. The zero-order valence-electron chi connectivity index (χ0n) is 12.5. The summed E-state index contributed by atoms with van der Waals surface area (Å²) in [5.74, 6) is -0.882. The number of alkyl halides is 3. The third-order valence-corrected chi connectivity index (χ3v) is 4.39. The number of rotatable bonds is 1. The molecule has 4 heteroatoms. The number of halogens is 4. The maximum Gasteiger partial charge on any atom is 0.416 e. The van der Waals surface area contributed by atoms with E-state index in [-0.39, 0.29) is 5.56 Å². The fraction of sp³-hybridized carbons (Fsp3) is 0.100. The van der Waals surface area contributed by atoms with Crippen molar-refractivity contribution in [2.24, 2.45) is 0 Å². The molecular weight excluding hydrogens is 316 g/mol. The van der Waals surface area contributed by atoms with Gasteiger partial charge in [0.2, 0.25) is 0 Å². The highest BCUT2D eigenvalue weighted by atomic mass is 19.4. The maximum atomic E-state index is 13.8. The Morgan fingerprint density at radius 3 is 2.25 bits per heavy atom. The van der Waals surface area contributed by atoms with Gasteiger partial charge in [-0.15, -0.1) is 0 Å². The molecule has 3 aromatic carbocycles. The van der Waals surface area contributed by atoms with Gasteiger partial charge in [-0.2, -0.15) is 13.2 Å². The van der Waals surface area contributed by atoms with E-state index in [1.54, 1.807) is 12.1 Å². The molecule has 1 aliphatic carbocycles. The van der Waals surface area contributed by atoms with Gasteiger partial charge in [-0.25, -0.2) is 4.39 Å². The zero-order chi connectivity index (χ0) is 16.9. The van der Waals surface area contributed by atoms with Crippen molar-refractivity contribution in [2.45, 2.75) is 12.6 Å². The van der Waals surface area contributed by atoms with Gasteiger partial charge in [0.05, 0.1) is 5.56 Å². The second-order valence-corrected chi connectivity index (χ2v) is 5.89. The molecule has 0 aliphatic heterocycles. The molecule has 0 nitrogen and oxygen atoms in total. The Labute approximate surface area is 136 Å². The Morgan fingerprint density at radius 2 is 1.46 bits per heavy atom. The highest BCUT2D eigenvalue weighted by Gasteiger charge is 2.32. The average Bonchev–Trinajstić information content (AvgIpc) is 2.92. The molecule has 3 aromatic rings. The summed E-state index contributed by atoms with van der Waals surface area (Å²) in [7, 11) is 0. The van der Waals surface area contributed by atoms with Crippen molar-refractivity contribution in [2.75, 3.05) is 0 Å². The minimum atomic E-state index is -4.57. The van der Waals surface area contributed by atoms with Crippen LogP contribution >= 0.6 is 0 Å². The molecular formula is C20H12F4. The topological polar surface area (TPSA) is 0 Å². The van der Waals surface area contributed by atoms with Crippen molar-refractivity contribution in [3.63, 3.8) is 0 Å². The Balaban J connectivity index is 1.90. The molecule has 120 valence electrons. The van der Waals surface area contributed by atoms with Gasteiger partial charge < -0.3 is 0 Å². The molecule has 0 radical (unpaired) electrons. The molecule has 1 aliphatic rings. The van der Waals surface area contributed by atoms with E-state index < -0.39 is 17.6 Å². The smallest absolute Gasteiger partial charge is 0.207 e. The summed E-state index contributed by atoms with van der Waals surface area (Å²) in [6.07, 6.45) is -3.93. The van der Waals surface area contributed by atoms with Crippen LogP contribution < -0.4 is 0 Å². The van der Waals surface area contributed by atoms with E-state index in [0.29, 0.717) is 18.1 Å². The monoisotopic (exact) mass is 328 g/mol. The summed E-state index contributed by atoms with van der Waals surface area (Å²) in [6.45, 7) is 0. The SMILES string of the molecule is Fc1cc(-c2cccc3c2Cc2ccccc2-3)cc(C(F)(F)F)c1. The lowest BCUT2D eigenvalue weighted by Crippen LogP contribution is -2.05. The second kappa shape index (κ2) is 5.20. The van der Waals surface area contributed by atoms with E-state index in [1.807, 2.05) is 30.3 Å². The van der Waals surface area contributed by atoms with E-state index >= 15 is 0 Å². The lowest BCUT2D eigenvalue weighted by atomic mass is 9.94. The first kappa shape index (κ1) is 14.9. The van der Waals surface area contributed by atoms with Crippen LogP contribution in [0.2, 0.25) is 0 Å². The Morgan fingerprint density at radius 1 is 0.750 bits per heavy atom. The second-order valence-electron chi connectivity index (χ2n) is 5.89. The largest absolute Gasteiger partial charge is 0.416 e. The van der Waals surface area contributed by atoms with Crippen molar-refractivity contribution in [1.82, 2.24) is 0 Å². The molecule has 0 bridgehead atoms. The predicted molar refractivity (Wildman–Crippen MR) is 85.1 cm³/mol. The molecule has 0 N–H and O–H groups in total. The summed E-state index contributed by atoms with van der Waals surface area (Å²) in [6, 6.07) is 16.1. The molecule has 4 rings (SSSR count). The van der Waals surface area contributed by atoms with Gasteiger partial charge in [0.15, 0.2) is 0 Å². The predicted octanol–water partition coefficient (Wildman–Crippen LogP) is 6.08. The first-order valence-electron chi connectivity index (χ1n) is 7.52. The van der Waals surface area contributed by atoms with E-state index in [4.69, 9.17) is 0 Å². The Bertz CT molecular complexity index is 939. The van der Waals surface area contributed by atoms with Crippen LogP contribution in [0.3, 0.4) is 0 Å². The van der Waals surface area contributed by atoms with Crippen molar-refractivity contribution in [3.05, 3.63) is 83.2 Å². The average molecular weight is 328 g/mol. The minimum absolute atomic E-state index is 0.256. The van der Waals surface area contributed by atoms with Crippen LogP contribution in [0.15, 0.2) is 60.7 Å². The van der Waals surface area contributed by atoms with Crippen LogP contribution in [0.1, 0.15) is 16.7 Å². The summed E-state index contributed by atoms with van der Waals surface area (Å²) >= 11 is 0. The molecule has 0 amide bonds. The first-order chi connectivity index (χ1) is 11.4. The molecule has 0 saturated carbocycles. The number of hydrogen-bond donors (Lipinski definition) is 0. The van der Waals surface area contributed by atoms with Crippen LogP contribution in [0.4, 0.5) is 17.6 Å². The highest BCUT2D eigenvalue weighted by molar-refractivity contribution is 5.84. The van der Waals surface area contributed by atoms with Crippen LogP contribution in [-0.4, -0.2) is 0 Å². The lowest BCUT2D eigenvalue weighted by Gasteiger charge is -2.12. The van der Waals surface area contributed by atoms with Crippen molar-refractivity contribution >= 4 is 0 Å². The molecule has 0 spiro atoms. The summed E-state index contributed by atoms with van der Waals surface area (Å²) in [5.41, 5.74) is 4.10. The van der Waals surface area contributed by atoms with E-state index in [0.717, 1.165) is 34.4 Å². The van der Waals surface area contributed by atoms with E-state index in [9.17, 15) is 17.6 Å². The molecule has 0 saturated heterocycles. The molecule has 0 fully saturated rings. The third-order valence-electron chi connectivity index (χ3n) is 4.39. The lowest BCUT2D eigenvalue weighted by molar-refractivity contribution is -0.137. The Hall–Kier alpha value is -2.62. The fourth-order valence-electron chi connectivity index (χ4n) is 3.34. The fourth-order valence-corrected chi connectivity index (χ4v) is 3.34. The molecule has 0 unspecified atom stereocenters. The minimum Gasteiger partial charge on any atom is -0.207 e. The molecule has 0 heterocycles. The summed E-state index contributed by atoms with van der Waals surface area (Å²) in [5, 5.41) is 0. The van der Waals surface area contributed by atoms with E-state index in [2.05, 4.69) is 0 Å².